The quantitative estimate of drug-likeness (QED) is 0.778. The Morgan fingerprint density at radius 1 is 1.32 bits per heavy atom. The molecular formula is C19H23N5O. The second kappa shape index (κ2) is 7.09. The summed E-state index contributed by atoms with van der Waals surface area (Å²) in [5.41, 5.74) is 3.22. The third-order valence-corrected chi connectivity index (χ3v) is 5.02. The van der Waals surface area contributed by atoms with E-state index in [0.29, 0.717) is 12.3 Å². The summed E-state index contributed by atoms with van der Waals surface area (Å²) in [6, 6.07) is 8.21. The lowest BCUT2D eigenvalue weighted by atomic mass is 9.97. The van der Waals surface area contributed by atoms with Gasteiger partial charge in [-0.2, -0.15) is 0 Å². The monoisotopic (exact) mass is 337 g/mol. The number of benzene rings is 1. The minimum atomic E-state index is 0.245. The van der Waals surface area contributed by atoms with Crippen molar-refractivity contribution in [1.29, 1.82) is 0 Å². The smallest absolute Gasteiger partial charge is 0.222 e. The van der Waals surface area contributed by atoms with Crippen LogP contribution in [0.5, 0.6) is 0 Å². The molecular weight excluding hydrogens is 314 g/mol. The topological polar surface area (TPSA) is 66.8 Å². The van der Waals surface area contributed by atoms with Crippen LogP contribution in [0.2, 0.25) is 0 Å². The zero-order valence-corrected chi connectivity index (χ0v) is 14.3. The molecule has 0 spiro atoms. The number of fused-ring (bicyclic) bond motifs is 1. The van der Waals surface area contributed by atoms with E-state index < -0.39 is 0 Å². The van der Waals surface area contributed by atoms with Gasteiger partial charge in [-0.05, 0) is 37.3 Å². The number of rotatable bonds is 5. The van der Waals surface area contributed by atoms with E-state index in [1.165, 1.54) is 5.52 Å². The molecule has 130 valence electrons. The molecule has 4 rings (SSSR count). The number of nitrogens with one attached hydrogen (secondary N) is 1. The highest BCUT2D eigenvalue weighted by Crippen LogP contribution is 2.21. The van der Waals surface area contributed by atoms with Crippen LogP contribution >= 0.6 is 0 Å². The van der Waals surface area contributed by atoms with Gasteiger partial charge in [-0.15, -0.1) is 0 Å². The van der Waals surface area contributed by atoms with Crippen LogP contribution in [0.3, 0.4) is 0 Å². The van der Waals surface area contributed by atoms with Gasteiger partial charge < -0.3 is 14.5 Å². The van der Waals surface area contributed by atoms with Crippen LogP contribution in [0.25, 0.3) is 11.0 Å². The van der Waals surface area contributed by atoms with Crippen LogP contribution in [0.1, 0.15) is 25.0 Å². The molecule has 1 saturated heterocycles. The van der Waals surface area contributed by atoms with E-state index in [9.17, 15) is 4.79 Å². The number of hydrogen-bond donors (Lipinski definition) is 1. The Morgan fingerprint density at radius 2 is 2.24 bits per heavy atom. The molecule has 25 heavy (non-hydrogen) atoms. The zero-order chi connectivity index (χ0) is 17.1. The fourth-order valence-corrected chi connectivity index (χ4v) is 3.70. The molecule has 1 aliphatic rings. The fourth-order valence-electron chi connectivity index (χ4n) is 3.70. The lowest BCUT2D eigenvalue weighted by Gasteiger charge is -2.33. The third-order valence-electron chi connectivity index (χ3n) is 5.02. The number of carbonyl (C=O) groups excluding carboxylic acids is 1. The molecule has 6 nitrogen and oxygen atoms in total. The van der Waals surface area contributed by atoms with Crippen molar-refractivity contribution in [3.05, 3.63) is 48.8 Å². The number of aromatic amines is 1. The average Bonchev–Trinajstić information content (AvgIpc) is 3.30. The lowest BCUT2D eigenvalue weighted by molar-refractivity contribution is -0.133. The number of para-hydroxylation sites is 2. The minimum absolute atomic E-state index is 0.245. The Bertz CT molecular complexity index is 839. The molecule has 1 fully saturated rings. The van der Waals surface area contributed by atoms with Gasteiger partial charge in [0.05, 0.1) is 23.7 Å². The standard InChI is InChI=1S/C19H23N5O/c25-19(8-7-16-10-20-13-21-16)23-9-3-4-15(11-23)12-24-14-22-17-5-1-2-6-18(17)24/h1-2,5-6,10,13-15H,3-4,7-9,11-12H2,(H,20,21). The highest BCUT2D eigenvalue weighted by atomic mass is 16.2. The van der Waals surface area contributed by atoms with Gasteiger partial charge in [0.2, 0.25) is 5.91 Å². The molecule has 1 atom stereocenters. The molecule has 0 radical (unpaired) electrons. The van der Waals surface area contributed by atoms with Crippen molar-refractivity contribution in [2.45, 2.75) is 32.2 Å². The van der Waals surface area contributed by atoms with Gasteiger partial charge in [-0.25, -0.2) is 9.97 Å². The van der Waals surface area contributed by atoms with Crippen molar-refractivity contribution in [1.82, 2.24) is 24.4 Å². The number of imidazole rings is 2. The largest absolute Gasteiger partial charge is 0.348 e. The van der Waals surface area contributed by atoms with Crippen molar-refractivity contribution < 1.29 is 4.79 Å². The average molecular weight is 337 g/mol. The first kappa shape index (κ1) is 15.9. The summed E-state index contributed by atoms with van der Waals surface area (Å²) in [7, 11) is 0. The van der Waals surface area contributed by atoms with Gasteiger partial charge in [-0.3, -0.25) is 4.79 Å². The number of nitrogens with zero attached hydrogens (tertiary/aromatic N) is 4. The predicted octanol–water partition coefficient (Wildman–Crippen LogP) is 2.63. The number of hydrogen-bond acceptors (Lipinski definition) is 3. The van der Waals surface area contributed by atoms with Crippen LogP contribution in [0, 0.1) is 5.92 Å². The van der Waals surface area contributed by atoms with E-state index in [1.807, 2.05) is 29.4 Å². The van der Waals surface area contributed by atoms with E-state index >= 15 is 0 Å². The highest BCUT2D eigenvalue weighted by Gasteiger charge is 2.24. The molecule has 0 bridgehead atoms. The first-order valence-corrected chi connectivity index (χ1v) is 8.94. The summed E-state index contributed by atoms with van der Waals surface area (Å²) in [6.45, 7) is 2.64. The summed E-state index contributed by atoms with van der Waals surface area (Å²) < 4.78 is 2.22. The fraction of sp³-hybridized carbons (Fsp3) is 0.421. The number of piperidine rings is 1. The first-order chi connectivity index (χ1) is 12.3. The predicted molar refractivity (Wildman–Crippen MR) is 95.9 cm³/mol. The van der Waals surface area contributed by atoms with Gasteiger partial charge in [0, 0.05) is 37.9 Å². The highest BCUT2D eigenvalue weighted by molar-refractivity contribution is 5.76. The van der Waals surface area contributed by atoms with Gasteiger partial charge in [0.25, 0.3) is 0 Å². The molecule has 2 aromatic heterocycles. The SMILES string of the molecule is O=C(CCc1cnc[nH]1)N1CCCC(Cn2cnc3ccccc32)C1. The van der Waals surface area contributed by atoms with E-state index in [-0.39, 0.29) is 5.91 Å². The van der Waals surface area contributed by atoms with E-state index in [1.54, 1.807) is 12.5 Å². The van der Waals surface area contributed by atoms with Crippen LogP contribution in [0.4, 0.5) is 0 Å². The van der Waals surface area contributed by atoms with Crippen LogP contribution in [0.15, 0.2) is 43.1 Å². The Hall–Kier alpha value is -2.63. The molecule has 1 unspecified atom stereocenters. The lowest BCUT2D eigenvalue weighted by Crippen LogP contribution is -2.41. The van der Waals surface area contributed by atoms with E-state index in [2.05, 4.69) is 25.6 Å². The Labute approximate surface area is 146 Å². The Morgan fingerprint density at radius 3 is 3.12 bits per heavy atom. The molecule has 0 saturated carbocycles. The first-order valence-electron chi connectivity index (χ1n) is 8.94. The number of aromatic nitrogens is 4. The second-order valence-corrected chi connectivity index (χ2v) is 6.81. The maximum Gasteiger partial charge on any atom is 0.222 e. The molecule has 3 heterocycles. The van der Waals surface area contributed by atoms with Crippen LogP contribution < -0.4 is 0 Å². The van der Waals surface area contributed by atoms with Crippen molar-refractivity contribution >= 4 is 16.9 Å². The van der Waals surface area contributed by atoms with Gasteiger partial charge in [0.1, 0.15) is 0 Å². The Balaban J connectivity index is 1.36. The summed E-state index contributed by atoms with van der Waals surface area (Å²) in [5, 5.41) is 0. The molecule has 6 heteroatoms. The summed E-state index contributed by atoms with van der Waals surface area (Å²) in [5.74, 6) is 0.734. The van der Waals surface area contributed by atoms with E-state index in [4.69, 9.17) is 0 Å². The summed E-state index contributed by atoms with van der Waals surface area (Å²) in [4.78, 5) is 26.1. The van der Waals surface area contributed by atoms with Crippen LogP contribution in [-0.4, -0.2) is 43.4 Å². The minimum Gasteiger partial charge on any atom is -0.348 e. The number of aryl methyl sites for hydroxylation is 1. The zero-order valence-electron chi connectivity index (χ0n) is 14.3. The van der Waals surface area contributed by atoms with Crippen molar-refractivity contribution in [3.63, 3.8) is 0 Å². The van der Waals surface area contributed by atoms with Crippen molar-refractivity contribution in [3.8, 4) is 0 Å². The maximum absolute atomic E-state index is 12.5. The number of amides is 1. The van der Waals surface area contributed by atoms with Gasteiger partial charge in [0.15, 0.2) is 0 Å². The normalized spacial score (nSPS) is 17.9. The van der Waals surface area contributed by atoms with Gasteiger partial charge >= 0.3 is 0 Å². The van der Waals surface area contributed by atoms with E-state index in [0.717, 1.165) is 50.1 Å². The maximum atomic E-state index is 12.5. The number of H-pyrrole nitrogens is 1. The molecule has 1 aromatic carbocycles. The van der Waals surface area contributed by atoms with Crippen LogP contribution in [-0.2, 0) is 17.8 Å². The number of likely N-dealkylation sites (tertiary alicyclic amines) is 1. The van der Waals surface area contributed by atoms with Gasteiger partial charge in [-0.1, -0.05) is 12.1 Å². The second-order valence-electron chi connectivity index (χ2n) is 6.81. The summed E-state index contributed by atoms with van der Waals surface area (Å²) >= 11 is 0. The molecule has 1 N–H and O–H groups in total. The summed E-state index contributed by atoms with van der Waals surface area (Å²) in [6.07, 6.45) is 8.88. The molecule has 0 aliphatic carbocycles. The van der Waals surface area contributed by atoms with Crippen molar-refractivity contribution in [2.24, 2.45) is 5.92 Å². The van der Waals surface area contributed by atoms with Crippen molar-refractivity contribution in [2.75, 3.05) is 13.1 Å². The molecule has 1 amide bonds. The third kappa shape index (κ3) is 3.57. The molecule has 1 aliphatic heterocycles. The number of carbonyl (C=O) groups is 1. The Kier molecular flexibility index (Phi) is 4.50. The molecule has 3 aromatic rings.